The molecule has 1 aliphatic rings. The van der Waals surface area contributed by atoms with Crippen LogP contribution in [-0.2, 0) is 48.5 Å². The molecule has 1 aliphatic heterocycles. The first kappa shape index (κ1) is 22.2. The van der Waals surface area contributed by atoms with Gasteiger partial charge in [-0.3, -0.25) is 9.69 Å². The molecule has 3 aromatic rings. The molecule has 0 spiro atoms. The standard InChI is InChI=1S/C23H28FN5O3/c1-31-16-20-7-6-19(32-20)15-28-11-9-22-27-26-21(29(22)13-12-28)8-10-25-23(30)14-17-2-4-18(24)5-3-17/h2-7H,8-16H2,1H3,(H,25,30). The number of carbonyl (C=O) groups is 1. The van der Waals surface area contributed by atoms with Crippen LogP contribution >= 0.6 is 0 Å². The summed E-state index contributed by atoms with van der Waals surface area (Å²) in [5, 5.41) is 11.6. The Labute approximate surface area is 186 Å². The lowest BCUT2D eigenvalue weighted by molar-refractivity contribution is -0.120. The summed E-state index contributed by atoms with van der Waals surface area (Å²) in [5.74, 6) is 3.21. The summed E-state index contributed by atoms with van der Waals surface area (Å²) < 4.78 is 26.1. The molecule has 32 heavy (non-hydrogen) atoms. The number of ether oxygens (including phenoxy) is 1. The monoisotopic (exact) mass is 441 g/mol. The van der Waals surface area contributed by atoms with Gasteiger partial charge in [0.25, 0.3) is 0 Å². The van der Waals surface area contributed by atoms with Gasteiger partial charge < -0.3 is 19.0 Å². The highest BCUT2D eigenvalue weighted by Gasteiger charge is 2.19. The van der Waals surface area contributed by atoms with E-state index in [1.54, 1.807) is 19.2 Å². The van der Waals surface area contributed by atoms with Crippen molar-refractivity contribution in [1.82, 2.24) is 25.0 Å². The number of rotatable bonds is 9. The molecule has 0 bridgehead atoms. The number of amides is 1. The first-order valence-corrected chi connectivity index (χ1v) is 10.8. The summed E-state index contributed by atoms with van der Waals surface area (Å²) >= 11 is 0. The molecule has 2 aromatic heterocycles. The molecular weight excluding hydrogens is 413 g/mol. The summed E-state index contributed by atoms with van der Waals surface area (Å²) in [5.41, 5.74) is 0.784. The summed E-state index contributed by atoms with van der Waals surface area (Å²) in [6.45, 7) is 4.26. The van der Waals surface area contributed by atoms with Crippen LogP contribution in [0.25, 0.3) is 0 Å². The lowest BCUT2D eigenvalue weighted by atomic mass is 10.1. The zero-order valence-corrected chi connectivity index (χ0v) is 18.2. The van der Waals surface area contributed by atoms with E-state index >= 15 is 0 Å². The van der Waals surface area contributed by atoms with Crippen LogP contribution < -0.4 is 5.32 Å². The molecule has 1 aromatic carbocycles. The minimum atomic E-state index is -0.305. The molecule has 0 atom stereocenters. The van der Waals surface area contributed by atoms with Crippen LogP contribution in [0.4, 0.5) is 4.39 Å². The smallest absolute Gasteiger partial charge is 0.224 e. The minimum Gasteiger partial charge on any atom is -0.462 e. The number of methoxy groups -OCH3 is 1. The highest BCUT2D eigenvalue weighted by Crippen LogP contribution is 2.15. The Kier molecular flexibility index (Phi) is 7.28. The second-order valence-corrected chi connectivity index (χ2v) is 7.91. The van der Waals surface area contributed by atoms with Gasteiger partial charge in [0.2, 0.25) is 5.91 Å². The van der Waals surface area contributed by atoms with E-state index in [2.05, 4.69) is 25.0 Å². The van der Waals surface area contributed by atoms with Crippen molar-refractivity contribution in [3.63, 3.8) is 0 Å². The van der Waals surface area contributed by atoms with Crippen LogP contribution in [0.1, 0.15) is 28.7 Å². The number of halogens is 1. The Hall–Kier alpha value is -3.04. The van der Waals surface area contributed by atoms with E-state index in [1.807, 2.05) is 12.1 Å². The molecule has 1 amide bonds. The Bertz CT molecular complexity index is 1030. The van der Waals surface area contributed by atoms with Gasteiger partial charge in [0.1, 0.15) is 35.6 Å². The second-order valence-electron chi connectivity index (χ2n) is 7.91. The molecule has 0 saturated heterocycles. The maximum absolute atomic E-state index is 13.0. The van der Waals surface area contributed by atoms with Crippen LogP contribution in [0.5, 0.6) is 0 Å². The Morgan fingerprint density at radius 2 is 1.94 bits per heavy atom. The van der Waals surface area contributed by atoms with Crippen molar-refractivity contribution in [3.05, 3.63) is 70.9 Å². The van der Waals surface area contributed by atoms with E-state index < -0.39 is 0 Å². The number of hydrogen-bond donors (Lipinski definition) is 1. The largest absolute Gasteiger partial charge is 0.462 e. The molecule has 9 heteroatoms. The zero-order chi connectivity index (χ0) is 22.3. The quantitative estimate of drug-likeness (QED) is 0.548. The van der Waals surface area contributed by atoms with E-state index in [4.69, 9.17) is 9.15 Å². The normalized spacial score (nSPS) is 14.2. The first-order chi connectivity index (χ1) is 15.6. The van der Waals surface area contributed by atoms with Gasteiger partial charge in [0, 0.05) is 46.1 Å². The van der Waals surface area contributed by atoms with Gasteiger partial charge in [-0.05, 0) is 29.8 Å². The Morgan fingerprint density at radius 1 is 1.12 bits per heavy atom. The molecule has 3 heterocycles. The highest BCUT2D eigenvalue weighted by molar-refractivity contribution is 5.78. The van der Waals surface area contributed by atoms with Crippen LogP contribution in [0.2, 0.25) is 0 Å². The minimum absolute atomic E-state index is 0.0929. The number of aromatic nitrogens is 3. The third-order valence-corrected chi connectivity index (χ3v) is 5.53. The fraction of sp³-hybridized carbons (Fsp3) is 0.435. The molecule has 0 saturated carbocycles. The van der Waals surface area contributed by atoms with Gasteiger partial charge in [-0.15, -0.1) is 10.2 Å². The average Bonchev–Trinajstić information content (AvgIpc) is 3.33. The summed E-state index contributed by atoms with van der Waals surface area (Å²) in [7, 11) is 1.65. The van der Waals surface area contributed by atoms with Gasteiger partial charge in [-0.2, -0.15) is 0 Å². The van der Waals surface area contributed by atoms with Crippen LogP contribution in [0, 0.1) is 5.82 Å². The third kappa shape index (κ3) is 5.80. The van der Waals surface area contributed by atoms with Gasteiger partial charge >= 0.3 is 0 Å². The van der Waals surface area contributed by atoms with E-state index in [1.165, 1.54) is 12.1 Å². The molecule has 4 rings (SSSR count). The van der Waals surface area contributed by atoms with E-state index in [-0.39, 0.29) is 18.1 Å². The van der Waals surface area contributed by atoms with Crippen molar-refractivity contribution in [2.24, 2.45) is 0 Å². The molecule has 170 valence electrons. The summed E-state index contributed by atoms with van der Waals surface area (Å²) in [4.78, 5) is 14.5. The number of nitrogens with zero attached hydrogens (tertiary/aromatic N) is 4. The molecule has 0 radical (unpaired) electrons. The fourth-order valence-corrected chi connectivity index (χ4v) is 3.88. The SMILES string of the molecule is COCc1ccc(CN2CCc3nnc(CCNC(=O)Cc4ccc(F)cc4)n3CC2)o1. The highest BCUT2D eigenvalue weighted by atomic mass is 19.1. The molecule has 8 nitrogen and oxygen atoms in total. The number of hydrogen-bond acceptors (Lipinski definition) is 6. The molecule has 1 N–H and O–H groups in total. The van der Waals surface area contributed by atoms with Crippen molar-refractivity contribution >= 4 is 5.91 Å². The third-order valence-electron chi connectivity index (χ3n) is 5.53. The van der Waals surface area contributed by atoms with Crippen molar-refractivity contribution in [1.29, 1.82) is 0 Å². The number of fused-ring (bicyclic) bond motifs is 1. The zero-order valence-electron chi connectivity index (χ0n) is 18.2. The lowest BCUT2D eigenvalue weighted by Crippen LogP contribution is -2.28. The van der Waals surface area contributed by atoms with E-state index in [9.17, 15) is 9.18 Å². The van der Waals surface area contributed by atoms with Crippen molar-refractivity contribution in [3.8, 4) is 0 Å². The first-order valence-electron chi connectivity index (χ1n) is 10.8. The number of nitrogens with one attached hydrogen (secondary N) is 1. The second kappa shape index (κ2) is 10.5. The Morgan fingerprint density at radius 3 is 2.75 bits per heavy atom. The van der Waals surface area contributed by atoms with Crippen LogP contribution in [-0.4, -0.2) is 52.3 Å². The molecule has 0 aliphatic carbocycles. The van der Waals surface area contributed by atoms with Gasteiger partial charge in [0.15, 0.2) is 0 Å². The van der Waals surface area contributed by atoms with Gasteiger partial charge in [-0.1, -0.05) is 12.1 Å². The summed E-state index contributed by atoms with van der Waals surface area (Å²) in [6, 6.07) is 9.93. The molecule has 0 unspecified atom stereocenters. The summed E-state index contributed by atoms with van der Waals surface area (Å²) in [6.07, 6.45) is 1.66. The maximum Gasteiger partial charge on any atom is 0.224 e. The van der Waals surface area contributed by atoms with Crippen LogP contribution in [0.15, 0.2) is 40.8 Å². The van der Waals surface area contributed by atoms with Crippen LogP contribution in [0.3, 0.4) is 0 Å². The van der Waals surface area contributed by atoms with Gasteiger partial charge in [-0.25, -0.2) is 4.39 Å². The fourth-order valence-electron chi connectivity index (χ4n) is 3.88. The lowest BCUT2D eigenvalue weighted by Gasteiger charge is -2.18. The van der Waals surface area contributed by atoms with E-state index in [0.717, 1.165) is 61.3 Å². The number of furan rings is 1. The van der Waals surface area contributed by atoms with Crippen molar-refractivity contribution in [2.75, 3.05) is 26.7 Å². The topological polar surface area (TPSA) is 85.4 Å². The number of benzene rings is 1. The average molecular weight is 442 g/mol. The predicted octanol–water partition coefficient (Wildman–Crippen LogP) is 2.12. The van der Waals surface area contributed by atoms with E-state index in [0.29, 0.717) is 19.6 Å². The molecule has 0 fully saturated rings. The van der Waals surface area contributed by atoms with Crippen molar-refractivity contribution in [2.45, 2.75) is 39.0 Å². The van der Waals surface area contributed by atoms with Gasteiger partial charge in [0.05, 0.1) is 13.0 Å². The van der Waals surface area contributed by atoms with Crippen molar-refractivity contribution < 1.29 is 18.3 Å². The maximum atomic E-state index is 13.0. The number of carbonyl (C=O) groups excluding carboxylic acids is 1. The Balaban J connectivity index is 1.25. The molecular formula is C23H28FN5O3. The predicted molar refractivity (Wildman–Crippen MR) is 115 cm³/mol.